The zero-order valence-corrected chi connectivity index (χ0v) is 13.4. The Morgan fingerprint density at radius 3 is 2.64 bits per heavy atom. The molecule has 1 aliphatic heterocycles. The number of aliphatic imine (C=N–C) groups is 1. The van der Waals surface area contributed by atoms with Gasteiger partial charge in [0, 0.05) is 5.75 Å². The highest BCUT2D eigenvalue weighted by molar-refractivity contribution is 8.13. The van der Waals surface area contributed by atoms with Crippen LogP contribution in [-0.2, 0) is 12.1 Å². The molecule has 1 aliphatic rings. The molecule has 3 rings (SSSR count). The van der Waals surface area contributed by atoms with E-state index < -0.39 is 0 Å². The van der Waals surface area contributed by atoms with Crippen LogP contribution in [-0.4, -0.2) is 16.0 Å². The smallest absolute Gasteiger partial charge is 0.154 e. The van der Waals surface area contributed by atoms with Crippen molar-refractivity contribution in [2.45, 2.75) is 25.5 Å². The van der Waals surface area contributed by atoms with Crippen LogP contribution in [0.15, 0.2) is 53.5 Å². The first-order valence-corrected chi connectivity index (χ1v) is 8.38. The second-order valence-electron chi connectivity index (χ2n) is 5.76. The van der Waals surface area contributed by atoms with E-state index in [9.17, 15) is 5.11 Å². The summed E-state index contributed by atoms with van der Waals surface area (Å²) in [5.41, 5.74) is 10.0. The molecule has 0 fully saturated rings. The Bertz CT molecular complexity index is 714. The van der Waals surface area contributed by atoms with E-state index in [4.69, 9.17) is 5.73 Å². The molecule has 22 heavy (non-hydrogen) atoms. The fourth-order valence-electron chi connectivity index (χ4n) is 2.78. The van der Waals surface area contributed by atoms with E-state index in [1.807, 2.05) is 18.2 Å². The molecule has 0 bridgehead atoms. The van der Waals surface area contributed by atoms with Gasteiger partial charge in [0.2, 0.25) is 0 Å². The molecule has 1 unspecified atom stereocenters. The molecule has 4 heteroatoms. The van der Waals surface area contributed by atoms with Gasteiger partial charge in [-0.25, -0.2) is 0 Å². The number of nitrogens with two attached hydrogens (primary N) is 1. The zero-order chi connectivity index (χ0) is 15.6. The molecule has 0 aromatic heterocycles. The molecule has 3 nitrogen and oxygen atoms in total. The number of hydrogen-bond acceptors (Lipinski definition) is 4. The van der Waals surface area contributed by atoms with Crippen molar-refractivity contribution in [2.24, 2.45) is 10.7 Å². The summed E-state index contributed by atoms with van der Waals surface area (Å²) < 4.78 is 0. The fraction of sp³-hybridized carbons (Fsp3) is 0.278. The third kappa shape index (κ3) is 3.03. The summed E-state index contributed by atoms with van der Waals surface area (Å²) in [6.45, 7) is 2.20. The molecule has 2 aromatic carbocycles. The van der Waals surface area contributed by atoms with E-state index >= 15 is 0 Å². The molecular formula is C18H20N2OS. The predicted octanol–water partition coefficient (Wildman–Crippen LogP) is 3.51. The van der Waals surface area contributed by atoms with Crippen molar-refractivity contribution in [2.75, 3.05) is 5.75 Å². The highest BCUT2D eigenvalue weighted by Gasteiger charge is 2.29. The van der Waals surface area contributed by atoms with Crippen LogP contribution in [0, 0.1) is 0 Å². The molecule has 0 spiro atoms. The van der Waals surface area contributed by atoms with Crippen LogP contribution in [0.1, 0.15) is 24.5 Å². The van der Waals surface area contributed by atoms with Gasteiger partial charge in [-0.05, 0) is 47.7 Å². The number of rotatable bonds is 3. The van der Waals surface area contributed by atoms with Crippen molar-refractivity contribution in [3.05, 3.63) is 59.7 Å². The minimum Gasteiger partial charge on any atom is -0.392 e. The van der Waals surface area contributed by atoms with Crippen LogP contribution < -0.4 is 5.73 Å². The van der Waals surface area contributed by atoms with Gasteiger partial charge in [0.15, 0.2) is 5.17 Å². The first-order chi connectivity index (χ1) is 10.6. The Morgan fingerprint density at radius 2 is 1.91 bits per heavy atom. The minimum absolute atomic E-state index is 0.0588. The zero-order valence-electron chi connectivity index (χ0n) is 12.6. The molecule has 0 aliphatic carbocycles. The molecule has 114 valence electrons. The molecule has 1 atom stereocenters. The maximum Gasteiger partial charge on any atom is 0.154 e. The Hall–Kier alpha value is -1.78. The summed E-state index contributed by atoms with van der Waals surface area (Å²) in [5.74, 6) is 0.996. The third-order valence-corrected chi connectivity index (χ3v) is 4.92. The Labute approximate surface area is 135 Å². The topological polar surface area (TPSA) is 58.6 Å². The lowest BCUT2D eigenvalue weighted by atomic mass is 9.87. The van der Waals surface area contributed by atoms with E-state index in [-0.39, 0.29) is 12.1 Å². The predicted molar refractivity (Wildman–Crippen MR) is 93.9 cm³/mol. The number of nitrogens with zero attached hydrogens (tertiary/aromatic N) is 1. The second-order valence-corrected chi connectivity index (χ2v) is 6.88. The highest BCUT2D eigenvalue weighted by atomic mass is 32.2. The van der Waals surface area contributed by atoms with Crippen molar-refractivity contribution < 1.29 is 5.11 Å². The Balaban J connectivity index is 2.01. The van der Waals surface area contributed by atoms with Gasteiger partial charge < -0.3 is 10.8 Å². The summed E-state index contributed by atoms with van der Waals surface area (Å²) in [6, 6.07) is 16.4. The van der Waals surface area contributed by atoms with Crippen LogP contribution in [0.4, 0.5) is 0 Å². The maximum atomic E-state index is 9.30. The van der Waals surface area contributed by atoms with Crippen molar-refractivity contribution in [3.8, 4) is 11.1 Å². The van der Waals surface area contributed by atoms with Gasteiger partial charge in [-0.2, -0.15) is 0 Å². The second kappa shape index (κ2) is 6.15. The fourth-order valence-corrected chi connectivity index (χ4v) is 3.75. The van der Waals surface area contributed by atoms with Crippen molar-refractivity contribution in [3.63, 3.8) is 0 Å². The van der Waals surface area contributed by atoms with Gasteiger partial charge in [0.25, 0.3) is 0 Å². The SMILES string of the molecule is CC1(c2cccc(-c3cccc(CO)c3)c2)CCSC(N)=N1. The van der Waals surface area contributed by atoms with Gasteiger partial charge in [0.1, 0.15) is 0 Å². The largest absolute Gasteiger partial charge is 0.392 e. The number of benzene rings is 2. The average Bonchev–Trinajstić information content (AvgIpc) is 2.55. The summed E-state index contributed by atoms with van der Waals surface area (Å²) in [6.07, 6.45) is 0.985. The van der Waals surface area contributed by atoms with Crippen molar-refractivity contribution >= 4 is 16.9 Å². The quantitative estimate of drug-likeness (QED) is 0.912. The van der Waals surface area contributed by atoms with E-state index in [2.05, 4.69) is 42.2 Å². The lowest BCUT2D eigenvalue weighted by Crippen LogP contribution is -2.28. The van der Waals surface area contributed by atoms with Gasteiger partial charge >= 0.3 is 0 Å². The number of hydrogen-bond donors (Lipinski definition) is 2. The van der Waals surface area contributed by atoms with E-state index in [1.54, 1.807) is 11.8 Å². The third-order valence-electron chi connectivity index (χ3n) is 4.12. The summed E-state index contributed by atoms with van der Waals surface area (Å²) in [7, 11) is 0. The maximum absolute atomic E-state index is 9.30. The lowest BCUT2D eigenvalue weighted by molar-refractivity contribution is 0.282. The molecule has 0 saturated carbocycles. The normalized spacial score (nSPS) is 21.5. The molecule has 0 radical (unpaired) electrons. The van der Waals surface area contributed by atoms with E-state index in [0.29, 0.717) is 5.17 Å². The summed E-state index contributed by atoms with van der Waals surface area (Å²) >= 11 is 1.62. The number of amidine groups is 1. The first kappa shape index (κ1) is 15.1. The molecule has 0 amide bonds. The average molecular weight is 312 g/mol. The van der Waals surface area contributed by atoms with E-state index in [0.717, 1.165) is 28.9 Å². The summed E-state index contributed by atoms with van der Waals surface area (Å²) in [5, 5.41) is 9.97. The summed E-state index contributed by atoms with van der Waals surface area (Å²) in [4.78, 5) is 4.67. The number of aliphatic hydroxyl groups is 1. The van der Waals surface area contributed by atoms with Crippen molar-refractivity contribution in [1.82, 2.24) is 0 Å². The minimum atomic E-state index is -0.250. The van der Waals surface area contributed by atoms with Gasteiger partial charge in [-0.15, -0.1) is 0 Å². The lowest BCUT2D eigenvalue weighted by Gasteiger charge is -2.30. The Kier molecular flexibility index (Phi) is 4.23. The van der Waals surface area contributed by atoms with Crippen LogP contribution in [0.25, 0.3) is 11.1 Å². The molecule has 0 saturated heterocycles. The molecule has 2 aromatic rings. The van der Waals surface area contributed by atoms with Gasteiger partial charge in [-0.1, -0.05) is 48.2 Å². The van der Waals surface area contributed by atoms with Crippen LogP contribution in [0.5, 0.6) is 0 Å². The van der Waals surface area contributed by atoms with Gasteiger partial charge in [-0.3, -0.25) is 4.99 Å². The van der Waals surface area contributed by atoms with Crippen LogP contribution in [0.3, 0.4) is 0 Å². The number of aliphatic hydroxyl groups excluding tert-OH is 1. The highest BCUT2D eigenvalue weighted by Crippen LogP contribution is 2.36. The molecule has 1 heterocycles. The molecule has 3 N–H and O–H groups in total. The number of thioether (sulfide) groups is 1. The van der Waals surface area contributed by atoms with Gasteiger partial charge in [0.05, 0.1) is 12.1 Å². The van der Waals surface area contributed by atoms with Crippen molar-refractivity contribution in [1.29, 1.82) is 0 Å². The van der Waals surface area contributed by atoms with E-state index in [1.165, 1.54) is 5.56 Å². The van der Waals surface area contributed by atoms with Crippen LogP contribution >= 0.6 is 11.8 Å². The monoisotopic (exact) mass is 312 g/mol. The van der Waals surface area contributed by atoms with Crippen LogP contribution in [0.2, 0.25) is 0 Å². The first-order valence-electron chi connectivity index (χ1n) is 7.39. The standard InChI is InChI=1S/C18H20N2OS/c1-18(8-9-22-17(19)20-18)16-7-3-6-15(11-16)14-5-2-4-13(10-14)12-21/h2-7,10-11,21H,8-9,12H2,1H3,(H2,19,20). The molecular weight excluding hydrogens is 292 g/mol. The Morgan fingerprint density at radius 1 is 1.18 bits per heavy atom.